The molecule has 0 spiro atoms. The molecule has 0 heterocycles. The molecule has 0 aliphatic rings. The number of hydrogen-bond acceptors (Lipinski definition) is 3. The van der Waals surface area contributed by atoms with Gasteiger partial charge in [-0.1, -0.05) is 37.6 Å². The maximum absolute atomic E-state index is 9.62. The molecule has 0 radical (unpaired) electrons. The van der Waals surface area contributed by atoms with Crippen LogP contribution in [0.2, 0.25) is 5.02 Å². The van der Waals surface area contributed by atoms with E-state index in [1.807, 2.05) is 26.0 Å². The molecule has 0 amide bonds. The van der Waals surface area contributed by atoms with Crippen molar-refractivity contribution in [3.8, 4) is 5.75 Å². The Kier molecular flexibility index (Phi) is 5.60. The number of aliphatic hydroxyl groups excluding tert-OH is 1. The molecule has 0 fully saturated rings. The van der Waals surface area contributed by atoms with E-state index in [0.717, 1.165) is 0 Å². The minimum absolute atomic E-state index is 0.240. The van der Waals surface area contributed by atoms with Gasteiger partial charge in [0.15, 0.2) is 0 Å². The van der Waals surface area contributed by atoms with Crippen molar-refractivity contribution in [1.29, 1.82) is 0 Å². The van der Waals surface area contributed by atoms with Crippen molar-refractivity contribution in [3.05, 3.63) is 29.3 Å². The average Bonchev–Trinajstić information content (AvgIpc) is 2.25. The van der Waals surface area contributed by atoms with Gasteiger partial charge in [-0.2, -0.15) is 0 Å². The second-order valence-electron chi connectivity index (χ2n) is 3.96. The van der Waals surface area contributed by atoms with Gasteiger partial charge in [0.25, 0.3) is 0 Å². The van der Waals surface area contributed by atoms with Crippen molar-refractivity contribution < 1.29 is 9.84 Å². The van der Waals surface area contributed by atoms with Crippen LogP contribution in [0.1, 0.15) is 13.8 Å². The van der Waals surface area contributed by atoms with Crippen LogP contribution in [0.4, 0.5) is 0 Å². The van der Waals surface area contributed by atoms with Crippen LogP contribution in [-0.2, 0) is 0 Å². The highest BCUT2D eigenvalue weighted by Gasteiger charge is 2.07. The van der Waals surface area contributed by atoms with Crippen LogP contribution >= 0.6 is 11.6 Å². The Morgan fingerprint density at radius 2 is 2.06 bits per heavy atom. The van der Waals surface area contributed by atoms with Crippen molar-refractivity contribution in [3.63, 3.8) is 0 Å². The Balaban J connectivity index is 2.31. The smallest absolute Gasteiger partial charge is 0.138 e. The van der Waals surface area contributed by atoms with Crippen LogP contribution in [0, 0.1) is 0 Å². The van der Waals surface area contributed by atoms with Gasteiger partial charge in [0.1, 0.15) is 18.5 Å². The standard InChI is InChI=1S/C12H18ClNO2/c1-9(2)14-7-10(15)8-16-12-6-4-3-5-11(12)13/h3-6,9-10,14-15H,7-8H2,1-2H3/t10-/m0/s1. The maximum Gasteiger partial charge on any atom is 0.138 e. The van der Waals surface area contributed by atoms with Gasteiger partial charge in [-0.25, -0.2) is 0 Å². The zero-order valence-electron chi connectivity index (χ0n) is 9.61. The minimum atomic E-state index is -0.529. The van der Waals surface area contributed by atoms with E-state index in [0.29, 0.717) is 23.4 Å². The highest BCUT2D eigenvalue weighted by Crippen LogP contribution is 2.22. The highest BCUT2D eigenvalue weighted by molar-refractivity contribution is 6.32. The fraction of sp³-hybridized carbons (Fsp3) is 0.500. The molecule has 3 nitrogen and oxygen atoms in total. The first-order chi connectivity index (χ1) is 7.59. The first-order valence-corrected chi connectivity index (χ1v) is 5.76. The minimum Gasteiger partial charge on any atom is -0.489 e. The second kappa shape index (κ2) is 6.74. The molecule has 1 rings (SSSR count). The molecular formula is C12H18ClNO2. The Morgan fingerprint density at radius 3 is 2.69 bits per heavy atom. The van der Waals surface area contributed by atoms with Gasteiger partial charge in [-0.15, -0.1) is 0 Å². The SMILES string of the molecule is CC(C)NC[C@H](O)COc1ccccc1Cl. The van der Waals surface area contributed by atoms with Gasteiger partial charge in [0.05, 0.1) is 5.02 Å². The molecule has 0 aliphatic carbocycles. The van der Waals surface area contributed by atoms with Crippen LogP contribution in [-0.4, -0.2) is 30.4 Å². The van der Waals surface area contributed by atoms with Gasteiger partial charge in [-0.3, -0.25) is 0 Å². The summed E-state index contributed by atoms with van der Waals surface area (Å²) in [6.45, 7) is 4.81. The van der Waals surface area contributed by atoms with Crippen LogP contribution in [0.15, 0.2) is 24.3 Å². The van der Waals surface area contributed by atoms with Crippen molar-refractivity contribution >= 4 is 11.6 Å². The number of para-hydroxylation sites is 1. The van der Waals surface area contributed by atoms with E-state index in [1.165, 1.54) is 0 Å². The number of aliphatic hydroxyl groups is 1. The quantitative estimate of drug-likeness (QED) is 0.804. The van der Waals surface area contributed by atoms with E-state index >= 15 is 0 Å². The van der Waals surface area contributed by atoms with E-state index in [-0.39, 0.29) is 6.61 Å². The molecule has 1 atom stereocenters. The summed E-state index contributed by atoms with van der Waals surface area (Å²) in [5.41, 5.74) is 0. The average molecular weight is 244 g/mol. The van der Waals surface area contributed by atoms with Crippen molar-refractivity contribution in [2.75, 3.05) is 13.2 Å². The fourth-order valence-electron chi connectivity index (χ4n) is 1.18. The Morgan fingerprint density at radius 1 is 1.38 bits per heavy atom. The molecule has 2 N–H and O–H groups in total. The predicted molar refractivity (Wildman–Crippen MR) is 66.1 cm³/mol. The number of nitrogens with one attached hydrogen (secondary N) is 1. The van der Waals surface area contributed by atoms with Crippen molar-refractivity contribution in [2.24, 2.45) is 0 Å². The van der Waals surface area contributed by atoms with Gasteiger partial charge in [0, 0.05) is 12.6 Å². The van der Waals surface area contributed by atoms with Gasteiger partial charge < -0.3 is 15.2 Å². The Bertz CT molecular complexity index is 318. The molecule has 0 aromatic heterocycles. The predicted octanol–water partition coefficient (Wildman–Crippen LogP) is 2.08. The lowest BCUT2D eigenvalue weighted by molar-refractivity contribution is 0.105. The van der Waals surface area contributed by atoms with E-state index in [4.69, 9.17) is 16.3 Å². The fourth-order valence-corrected chi connectivity index (χ4v) is 1.37. The summed E-state index contributed by atoms with van der Waals surface area (Å²) in [7, 11) is 0. The second-order valence-corrected chi connectivity index (χ2v) is 4.37. The van der Waals surface area contributed by atoms with E-state index < -0.39 is 6.10 Å². The molecule has 0 unspecified atom stereocenters. The summed E-state index contributed by atoms with van der Waals surface area (Å²) in [4.78, 5) is 0. The van der Waals surface area contributed by atoms with Gasteiger partial charge in [0.2, 0.25) is 0 Å². The van der Waals surface area contributed by atoms with Gasteiger partial charge >= 0.3 is 0 Å². The first-order valence-electron chi connectivity index (χ1n) is 5.38. The van der Waals surface area contributed by atoms with E-state index in [2.05, 4.69) is 5.32 Å². The molecule has 1 aromatic rings. The number of rotatable bonds is 6. The first kappa shape index (κ1) is 13.3. The lowest BCUT2D eigenvalue weighted by Crippen LogP contribution is -2.35. The summed E-state index contributed by atoms with van der Waals surface area (Å²) in [5, 5.41) is 13.3. The molecule has 0 bridgehead atoms. The molecule has 0 aliphatic heterocycles. The zero-order valence-corrected chi connectivity index (χ0v) is 10.4. The summed E-state index contributed by atoms with van der Waals surface area (Å²) in [6, 6.07) is 7.59. The Hall–Kier alpha value is -0.770. The monoisotopic (exact) mass is 243 g/mol. The number of ether oxygens (including phenoxy) is 1. The van der Waals surface area contributed by atoms with Crippen molar-refractivity contribution in [1.82, 2.24) is 5.32 Å². The summed E-state index contributed by atoms with van der Waals surface area (Å²) < 4.78 is 5.41. The molecule has 90 valence electrons. The lowest BCUT2D eigenvalue weighted by atomic mass is 10.3. The summed E-state index contributed by atoms with van der Waals surface area (Å²) in [5.74, 6) is 0.604. The van der Waals surface area contributed by atoms with E-state index in [9.17, 15) is 5.11 Å². The van der Waals surface area contributed by atoms with Crippen LogP contribution in [0.3, 0.4) is 0 Å². The number of halogens is 1. The molecule has 0 saturated heterocycles. The third-order valence-electron chi connectivity index (χ3n) is 2.03. The number of benzene rings is 1. The number of hydrogen-bond donors (Lipinski definition) is 2. The van der Waals surface area contributed by atoms with E-state index in [1.54, 1.807) is 12.1 Å². The topological polar surface area (TPSA) is 41.5 Å². The van der Waals surface area contributed by atoms with Gasteiger partial charge in [-0.05, 0) is 12.1 Å². The summed E-state index contributed by atoms with van der Waals surface area (Å²) >= 11 is 5.91. The Labute approximate surface area is 101 Å². The lowest BCUT2D eigenvalue weighted by Gasteiger charge is -2.15. The third kappa shape index (κ3) is 4.84. The molecule has 4 heteroatoms. The molecule has 16 heavy (non-hydrogen) atoms. The van der Waals surface area contributed by atoms with Crippen molar-refractivity contribution in [2.45, 2.75) is 26.0 Å². The molecule has 1 aromatic carbocycles. The van der Waals surface area contributed by atoms with Crippen LogP contribution in [0.25, 0.3) is 0 Å². The summed E-state index contributed by atoms with van der Waals surface area (Å²) in [6.07, 6.45) is -0.529. The third-order valence-corrected chi connectivity index (χ3v) is 2.34. The molecular weight excluding hydrogens is 226 g/mol. The van der Waals surface area contributed by atoms with Crippen LogP contribution < -0.4 is 10.1 Å². The molecule has 0 saturated carbocycles. The highest BCUT2D eigenvalue weighted by atomic mass is 35.5. The van der Waals surface area contributed by atoms with Crippen LogP contribution in [0.5, 0.6) is 5.75 Å². The largest absolute Gasteiger partial charge is 0.489 e. The maximum atomic E-state index is 9.62. The zero-order chi connectivity index (χ0) is 12.0. The normalized spacial score (nSPS) is 12.8.